The molecule has 4 N–H and O–H groups in total. The van der Waals surface area contributed by atoms with Gasteiger partial charge in [0.15, 0.2) is 0 Å². The first-order chi connectivity index (χ1) is 9.94. The van der Waals surface area contributed by atoms with Crippen molar-refractivity contribution in [2.75, 3.05) is 12.3 Å². The van der Waals surface area contributed by atoms with E-state index in [0.29, 0.717) is 12.3 Å². The van der Waals surface area contributed by atoms with Gasteiger partial charge in [-0.1, -0.05) is 44.2 Å². The van der Waals surface area contributed by atoms with Gasteiger partial charge in [-0.05, 0) is 25.5 Å². The summed E-state index contributed by atoms with van der Waals surface area (Å²) >= 11 is 1.55. The average Bonchev–Trinajstić information content (AvgIpc) is 2.48. The van der Waals surface area contributed by atoms with Crippen molar-refractivity contribution in [1.82, 2.24) is 5.32 Å². The molecule has 1 amide bonds. The van der Waals surface area contributed by atoms with Crippen LogP contribution in [-0.2, 0) is 10.3 Å². The van der Waals surface area contributed by atoms with Crippen molar-refractivity contribution < 1.29 is 9.90 Å². The van der Waals surface area contributed by atoms with Crippen LogP contribution < -0.4 is 11.1 Å². The number of hydrogen-bond acceptors (Lipinski definition) is 4. The summed E-state index contributed by atoms with van der Waals surface area (Å²) in [7, 11) is 0. The largest absolute Gasteiger partial charge is 0.392 e. The first-order valence-electron chi connectivity index (χ1n) is 7.34. The van der Waals surface area contributed by atoms with Crippen LogP contribution in [0.15, 0.2) is 30.3 Å². The fourth-order valence-corrected chi connectivity index (χ4v) is 3.20. The smallest absolute Gasteiger partial charge is 0.243 e. The van der Waals surface area contributed by atoms with Crippen molar-refractivity contribution in [1.29, 1.82) is 0 Å². The highest BCUT2D eigenvalue weighted by atomic mass is 32.2. The third kappa shape index (κ3) is 4.73. The number of primary amides is 1. The van der Waals surface area contributed by atoms with E-state index < -0.39 is 11.6 Å². The average molecular weight is 310 g/mol. The van der Waals surface area contributed by atoms with E-state index >= 15 is 0 Å². The summed E-state index contributed by atoms with van der Waals surface area (Å²) in [6.45, 7) is 6.47. The number of carbonyl (C=O) groups excluding carboxylic acids is 1. The van der Waals surface area contributed by atoms with Crippen molar-refractivity contribution in [3.05, 3.63) is 35.9 Å². The Bertz CT molecular complexity index is 439. The molecular weight excluding hydrogens is 284 g/mol. The molecule has 0 radical (unpaired) electrons. The third-order valence-electron chi connectivity index (χ3n) is 3.61. The molecule has 3 atom stereocenters. The van der Waals surface area contributed by atoms with Gasteiger partial charge in [0.1, 0.15) is 5.54 Å². The molecule has 4 nitrogen and oxygen atoms in total. The molecular formula is C16H26N2O2S. The summed E-state index contributed by atoms with van der Waals surface area (Å²) in [5.41, 5.74) is 5.70. The quantitative estimate of drug-likeness (QED) is 0.651. The lowest BCUT2D eigenvalue weighted by molar-refractivity contribution is -0.123. The van der Waals surface area contributed by atoms with Gasteiger partial charge in [-0.2, -0.15) is 11.8 Å². The predicted octanol–water partition coefficient (Wildman–Crippen LogP) is 1.87. The molecule has 0 aliphatic rings. The number of thioether (sulfide) groups is 1. The number of nitrogens with one attached hydrogen (secondary N) is 1. The first kappa shape index (κ1) is 18.0. The summed E-state index contributed by atoms with van der Waals surface area (Å²) < 4.78 is 0. The molecule has 0 aliphatic carbocycles. The lowest BCUT2D eigenvalue weighted by Crippen LogP contribution is -2.55. The highest BCUT2D eigenvalue weighted by Gasteiger charge is 2.38. The number of aliphatic hydroxyl groups is 1. The Balaban J connectivity index is 3.04. The van der Waals surface area contributed by atoms with Gasteiger partial charge in [0.2, 0.25) is 5.91 Å². The summed E-state index contributed by atoms with van der Waals surface area (Å²) in [5.74, 6) is 0.116. The van der Waals surface area contributed by atoms with Crippen LogP contribution in [0.4, 0.5) is 0 Å². The van der Waals surface area contributed by atoms with Crippen molar-refractivity contribution in [3.63, 3.8) is 0 Å². The van der Waals surface area contributed by atoms with E-state index in [-0.39, 0.29) is 11.2 Å². The van der Waals surface area contributed by atoms with Crippen molar-refractivity contribution >= 4 is 17.7 Å². The molecule has 3 unspecified atom stereocenters. The molecule has 0 saturated carbocycles. The number of carbonyl (C=O) groups is 1. The van der Waals surface area contributed by atoms with E-state index in [2.05, 4.69) is 12.2 Å². The highest BCUT2D eigenvalue weighted by Crippen LogP contribution is 2.29. The maximum atomic E-state index is 12.2. The van der Waals surface area contributed by atoms with Crippen molar-refractivity contribution in [2.24, 2.45) is 5.73 Å². The highest BCUT2D eigenvalue weighted by molar-refractivity contribution is 8.00. The predicted molar refractivity (Wildman–Crippen MR) is 89.2 cm³/mol. The molecule has 0 aromatic heterocycles. The zero-order chi connectivity index (χ0) is 15.9. The minimum absolute atomic E-state index is 0.0378. The zero-order valence-corrected chi connectivity index (χ0v) is 13.8. The van der Waals surface area contributed by atoms with Gasteiger partial charge in [0, 0.05) is 11.0 Å². The van der Waals surface area contributed by atoms with Gasteiger partial charge < -0.3 is 10.8 Å². The van der Waals surface area contributed by atoms with Gasteiger partial charge in [0.25, 0.3) is 0 Å². The fourth-order valence-electron chi connectivity index (χ4n) is 1.99. The summed E-state index contributed by atoms with van der Waals surface area (Å²) in [6.07, 6.45) is 0.487. The van der Waals surface area contributed by atoms with E-state index in [0.717, 1.165) is 12.0 Å². The summed E-state index contributed by atoms with van der Waals surface area (Å²) in [4.78, 5) is 12.2. The topological polar surface area (TPSA) is 75.3 Å². The molecule has 21 heavy (non-hydrogen) atoms. The number of rotatable bonds is 9. The number of amides is 1. The van der Waals surface area contributed by atoms with E-state index in [1.165, 1.54) is 0 Å². The molecule has 1 aromatic rings. The molecule has 0 saturated heterocycles. The van der Waals surface area contributed by atoms with Crippen LogP contribution in [0.1, 0.15) is 32.8 Å². The van der Waals surface area contributed by atoms with Crippen molar-refractivity contribution in [2.45, 2.75) is 44.1 Å². The van der Waals surface area contributed by atoms with Gasteiger partial charge in [-0.15, -0.1) is 0 Å². The SMILES string of the molecule is CCCNC(CSC(C)C(C)O)(C(N)=O)c1ccccc1. The van der Waals surface area contributed by atoms with Crippen LogP contribution in [0.3, 0.4) is 0 Å². The van der Waals surface area contributed by atoms with E-state index in [4.69, 9.17) is 5.73 Å². The van der Waals surface area contributed by atoms with Crippen LogP contribution in [0.5, 0.6) is 0 Å². The lowest BCUT2D eigenvalue weighted by atomic mass is 9.91. The van der Waals surface area contributed by atoms with E-state index in [1.54, 1.807) is 18.7 Å². The maximum Gasteiger partial charge on any atom is 0.243 e. The monoisotopic (exact) mass is 310 g/mol. The van der Waals surface area contributed by atoms with Crippen LogP contribution >= 0.6 is 11.8 Å². The zero-order valence-electron chi connectivity index (χ0n) is 13.0. The Labute approximate surface area is 131 Å². The molecule has 1 rings (SSSR count). The second kappa shape index (κ2) is 8.41. The second-order valence-electron chi connectivity index (χ2n) is 5.32. The fraction of sp³-hybridized carbons (Fsp3) is 0.562. The van der Waals surface area contributed by atoms with Gasteiger partial charge in [-0.3, -0.25) is 10.1 Å². The van der Waals surface area contributed by atoms with Gasteiger partial charge >= 0.3 is 0 Å². The maximum absolute atomic E-state index is 12.2. The molecule has 0 bridgehead atoms. The van der Waals surface area contributed by atoms with Crippen LogP contribution in [0, 0.1) is 0 Å². The Kier molecular flexibility index (Phi) is 7.22. The van der Waals surface area contributed by atoms with Gasteiger partial charge in [-0.25, -0.2) is 0 Å². The van der Waals surface area contributed by atoms with Crippen molar-refractivity contribution in [3.8, 4) is 0 Å². The normalized spacial score (nSPS) is 17.0. The minimum atomic E-state index is -0.898. The Morgan fingerprint density at radius 1 is 1.38 bits per heavy atom. The Hall–Kier alpha value is -1.04. The van der Waals surface area contributed by atoms with E-state index in [1.807, 2.05) is 37.3 Å². The standard InChI is InChI=1S/C16H26N2O2S/c1-4-10-18-16(15(17)20,11-21-13(3)12(2)19)14-8-6-5-7-9-14/h5-9,12-13,18-19H,4,10-11H2,1-3H3,(H2,17,20). The second-order valence-corrected chi connectivity index (χ2v) is 6.68. The van der Waals surface area contributed by atoms with E-state index in [9.17, 15) is 9.90 Å². The molecule has 0 aliphatic heterocycles. The number of aliphatic hydroxyl groups excluding tert-OH is 1. The molecule has 5 heteroatoms. The summed E-state index contributed by atoms with van der Waals surface area (Å²) in [5, 5.41) is 13.0. The number of nitrogens with two attached hydrogens (primary N) is 1. The van der Waals surface area contributed by atoms with Gasteiger partial charge in [0.05, 0.1) is 6.10 Å². The lowest BCUT2D eigenvalue weighted by Gasteiger charge is -2.33. The molecule has 0 fully saturated rings. The summed E-state index contributed by atoms with van der Waals surface area (Å²) in [6, 6.07) is 9.56. The minimum Gasteiger partial charge on any atom is -0.392 e. The molecule has 1 aromatic carbocycles. The number of benzene rings is 1. The molecule has 0 spiro atoms. The van der Waals surface area contributed by atoms with Crippen LogP contribution in [-0.4, -0.2) is 34.7 Å². The Morgan fingerprint density at radius 2 is 2.00 bits per heavy atom. The number of hydrogen-bond donors (Lipinski definition) is 3. The Morgan fingerprint density at radius 3 is 2.48 bits per heavy atom. The first-order valence-corrected chi connectivity index (χ1v) is 8.39. The van der Waals surface area contributed by atoms with Crippen LogP contribution in [0.2, 0.25) is 0 Å². The third-order valence-corrected chi connectivity index (χ3v) is 5.13. The van der Waals surface area contributed by atoms with Crippen LogP contribution in [0.25, 0.3) is 0 Å². The molecule has 118 valence electrons. The molecule has 0 heterocycles.